The molecule has 98 valence electrons. The average Bonchev–Trinajstić information content (AvgIpc) is 2.30. The van der Waals surface area contributed by atoms with Crippen molar-refractivity contribution < 1.29 is 4.79 Å². The molecule has 1 heterocycles. The van der Waals surface area contributed by atoms with Gasteiger partial charge in [0.25, 0.3) is 0 Å². The number of nitrogens with zero attached hydrogens (tertiary/aromatic N) is 1. The first-order valence-electron chi connectivity index (χ1n) is 6.13. The number of benzene rings is 1. The Morgan fingerprint density at radius 3 is 2.67 bits per heavy atom. The number of nitrogen functional groups attached to an aromatic ring is 1. The predicted molar refractivity (Wildman–Crippen MR) is 74.9 cm³/mol. The molecule has 1 amide bonds. The van der Waals surface area contributed by atoms with Gasteiger partial charge in [-0.3, -0.25) is 4.79 Å². The van der Waals surface area contributed by atoms with E-state index in [9.17, 15) is 4.79 Å². The van der Waals surface area contributed by atoms with Crippen LogP contribution in [0.1, 0.15) is 19.8 Å². The summed E-state index contributed by atoms with van der Waals surface area (Å²) in [5.41, 5.74) is 7.71. The van der Waals surface area contributed by atoms with Crippen molar-refractivity contribution in [2.45, 2.75) is 25.8 Å². The Morgan fingerprint density at radius 2 is 2.11 bits per heavy atom. The zero-order chi connectivity index (χ0) is 13.1. The first-order valence-corrected chi connectivity index (χ1v) is 6.51. The number of carbonyl (C=O) groups excluding carboxylic acids is 1. The number of nitrogens with two attached hydrogens (primary N) is 1. The summed E-state index contributed by atoms with van der Waals surface area (Å²) < 4.78 is 0. The summed E-state index contributed by atoms with van der Waals surface area (Å²) in [6, 6.07) is 5.87. The van der Waals surface area contributed by atoms with E-state index in [0.29, 0.717) is 10.7 Å². The highest BCUT2D eigenvalue weighted by Gasteiger charge is 2.20. The Hall–Kier alpha value is -1.42. The zero-order valence-corrected chi connectivity index (χ0v) is 11.2. The van der Waals surface area contributed by atoms with Gasteiger partial charge in [-0.1, -0.05) is 11.6 Å². The molecule has 5 heteroatoms. The lowest BCUT2D eigenvalue weighted by molar-refractivity contribution is -0.119. The second kappa shape index (κ2) is 5.48. The van der Waals surface area contributed by atoms with Gasteiger partial charge in [0.2, 0.25) is 5.91 Å². The SMILES string of the molecule is CC(=O)NC1CCN(c2ccc(Cl)cc2N)CC1. The van der Waals surface area contributed by atoms with Crippen LogP contribution in [0.15, 0.2) is 18.2 Å². The monoisotopic (exact) mass is 267 g/mol. The van der Waals surface area contributed by atoms with E-state index in [2.05, 4.69) is 10.2 Å². The van der Waals surface area contributed by atoms with Crippen molar-refractivity contribution in [3.63, 3.8) is 0 Å². The van der Waals surface area contributed by atoms with Gasteiger partial charge in [0, 0.05) is 31.1 Å². The van der Waals surface area contributed by atoms with Crippen molar-refractivity contribution in [1.82, 2.24) is 5.32 Å². The third-order valence-electron chi connectivity index (χ3n) is 3.23. The fourth-order valence-electron chi connectivity index (χ4n) is 2.37. The number of amides is 1. The van der Waals surface area contributed by atoms with Crippen molar-refractivity contribution >= 4 is 28.9 Å². The zero-order valence-electron chi connectivity index (χ0n) is 10.4. The standard InChI is InChI=1S/C13H18ClN3O/c1-9(18)16-11-4-6-17(7-5-11)13-3-2-10(14)8-12(13)15/h2-3,8,11H,4-7,15H2,1H3,(H,16,18). The lowest BCUT2D eigenvalue weighted by Gasteiger charge is -2.34. The van der Waals surface area contributed by atoms with Crippen LogP contribution in [0.25, 0.3) is 0 Å². The quantitative estimate of drug-likeness (QED) is 0.806. The van der Waals surface area contributed by atoms with Gasteiger partial charge in [-0.2, -0.15) is 0 Å². The van der Waals surface area contributed by atoms with Crippen LogP contribution in [-0.2, 0) is 4.79 Å². The second-order valence-electron chi connectivity index (χ2n) is 4.66. The minimum atomic E-state index is 0.0412. The third kappa shape index (κ3) is 3.07. The summed E-state index contributed by atoms with van der Waals surface area (Å²) in [5.74, 6) is 0.0412. The first-order chi connectivity index (χ1) is 8.56. The molecule has 2 rings (SSSR count). The van der Waals surface area contributed by atoms with E-state index in [1.54, 1.807) is 13.0 Å². The van der Waals surface area contributed by atoms with Crippen molar-refractivity contribution in [2.24, 2.45) is 0 Å². The molecule has 0 atom stereocenters. The Balaban J connectivity index is 1.99. The van der Waals surface area contributed by atoms with Crippen LogP contribution >= 0.6 is 11.6 Å². The van der Waals surface area contributed by atoms with E-state index in [-0.39, 0.29) is 11.9 Å². The van der Waals surface area contributed by atoms with Crippen molar-refractivity contribution in [3.8, 4) is 0 Å². The fraction of sp³-hybridized carbons (Fsp3) is 0.462. The number of rotatable bonds is 2. The van der Waals surface area contributed by atoms with E-state index in [4.69, 9.17) is 17.3 Å². The number of hydrogen-bond acceptors (Lipinski definition) is 3. The summed E-state index contributed by atoms with van der Waals surface area (Å²) >= 11 is 5.89. The van der Waals surface area contributed by atoms with Gasteiger partial charge < -0.3 is 16.0 Å². The van der Waals surface area contributed by atoms with E-state index >= 15 is 0 Å². The molecule has 1 aliphatic heterocycles. The Bertz CT molecular complexity index is 442. The summed E-state index contributed by atoms with van der Waals surface area (Å²) in [6.07, 6.45) is 1.89. The molecule has 0 bridgehead atoms. The molecule has 0 aliphatic carbocycles. The second-order valence-corrected chi connectivity index (χ2v) is 5.10. The molecule has 4 nitrogen and oxygen atoms in total. The number of anilines is 2. The molecule has 18 heavy (non-hydrogen) atoms. The average molecular weight is 268 g/mol. The van der Waals surface area contributed by atoms with E-state index in [0.717, 1.165) is 31.6 Å². The van der Waals surface area contributed by atoms with E-state index in [1.807, 2.05) is 12.1 Å². The molecule has 0 unspecified atom stereocenters. The van der Waals surface area contributed by atoms with Crippen molar-refractivity contribution in [3.05, 3.63) is 23.2 Å². The molecule has 1 saturated heterocycles. The smallest absolute Gasteiger partial charge is 0.217 e. The lowest BCUT2D eigenvalue weighted by Crippen LogP contribution is -2.44. The normalized spacial score (nSPS) is 16.7. The highest BCUT2D eigenvalue weighted by Crippen LogP contribution is 2.28. The highest BCUT2D eigenvalue weighted by atomic mass is 35.5. The number of piperidine rings is 1. The minimum absolute atomic E-state index is 0.0412. The highest BCUT2D eigenvalue weighted by molar-refractivity contribution is 6.31. The lowest BCUT2D eigenvalue weighted by atomic mass is 10.0. The minimum Gasteiger partial charge on any atom is -0.397 e. The maximum atomic E-state index is 11.0. The number of hydrogen-bond donors (Lipinski definition) is 2. The van der Waals surface area contributed by atoms with E-state index < -0.39 is 0 Å². The van der Waals surface area contributed by atoms with Crippen molar-refractivity contribution in [2.75, 3.05) is 23.7 Å². The molecule has 1 aromatic carbocycles. The molecule has 0 saturated carbocycles. The molecule has 1 aliphatic rings. The van der Waals surface area contributed by atoms with Gasteiger partial charge in [-0.05, 0) is 31.0 Å². The van der Waals surface area contributed by atoms with Crippen LogP contribution in [0.5, 0.6) is 0 Å². The molecule has 0 aromatic heterocycles. The fourth-order valence-corrected chi connectivity index (χ4v) is 2.55. The molecule has 0 spiro atoms. The molecular formula is C13H18ClN3O. The van der Waals surface area contributed by atoms with Crippen LogP contribution in [0.4, 0.5) is 11.4 Å². The summed E-state index contributed by atoms with van der Waals surface area (Å²) in [6.45, 7) is 3.36. The predicted octanol–water partition coefficient (Wildman–Crippen LogP) is 2.03. The van der Waals surface area contributed by atoms with Gasteiger partial charge in [-0.15, -0.1) is 0 Å². The number of nitrogens with one attached hydrogen (secondary N) is 1. The largest absolute Gasteiger partial charge is 0.397 e. The Labute approximate surface area is 112 Å². The molecule has 3 N–H and O–H groups in total. The summed E-state index contributed by atoms with van der Waals surface area (Å²) in [5, 5.41) is 3.62. The number of carbonyl (C=O) groups is 1. The van der Waals surface area contributed by atoms with Crippen LogP contribution < -0.4 is 16.0 Å². The van der Waals surface area contributed by atoms with Gasteiger partial charge >= 0.3 is 0 Å². The van der Waals surface area contributed by atoms with Crippen LogP contribution in [0, 0.1) is 0 Å². The molecular weight excluding hydrogens is 250 g/mol. The summed E-state index contributed by atoms with van der Waals surface area (Å²) in [4.78, 5) is 13.2. The van der Waals surface area contributed by atoms with Gasteiger partial charge in [0.15, 0.2) is 0 Å². The van der Waals surface area contributed by atoms with Crippen LogP contribution in [-0.4, -0.2) is 25.0 Å². The van der Waals surface area contributed by atoms with Crippen LogP contribution in [0.3, 0.4) is 0 Å². The van der Waals surface area contributed by atoms with E-state index in [1.165, 1.54) is 0 Å². The maximum Gasteiger partial charge on any atom is 0.217 e. The Kier molecular flexibility index (Phi) is 3.97. The Morgan fingerprint density at radius 1 is 1.44 bits per heavy atom. The van der Waals surface area contributed by atoms with Gasteiger partial charge in [0.05, 0.1) is 11.4 Å². The topological polar surface area (TPSA) is 58.4 Å². The van der Waals surface area contributed by atoms with Crippen molar-refractivity contribution in [1.29, 1.82) is 0 Å². The molecule has 1 aromatic rings. The number of halogens is 1. The van der Waals surface area contributed by atoms with Gasteiger partial charge in [-0.25, -0.2) is 0 Å². The molecule has 0 radical (unpaired) electrons. The molecule has 1 fully saturated rings. The summed E-state index contributed by atoms with van der Waals surface area (Å²) in [7, 11) is 0. The third-order valence-corrected chi connectivity index (χ3v) is 3.47. The van der Waals surface area contributed by atoms with Gasteiger partial charge in [0.1, 0.15) is 0 Å². The first kappa shape index (κ1) is 13.0. The van der Waals surface area contributed by atoms with Crippen LogP contribution in [0.2, 0.25) is 5.02 Å². The maximum absolute atomic E-state index is 11.0.